The van der Waals surface area contributed by atoms with Crippen LogP contribution < -0.4 is 0 Å². The Hall–Kier alpha value is -2.46. The van der Waals surface area contributed by atoms with E-state index in [4.69, 9.17) is 9.73 Å². The predicted octanol–water partition coefficient (Wildman–Crippen LogP) is 2.75. The molecule has 0 fully saturated rings. The fourth-order valence-electron chi connectivity index (χ4n) is 3.44. The summed E-state index contributed by atoms with van der Waals surface area (Å²) in [6, 6.07) is 7.72. The molecule has 0 saturated carbocycles. The summed E-state index contributed by atoms with van der Waals surface area (Å²) in [5.41, 5.74) is 3.80. The van der Waals surface area contributed by atoms with Crippen molar-refractivity contribution in [3.8, 4) is 0 Å². The highest BCUT2D eigenvalue weighted by Crippen LogP contribution is 2.35. The molecule has 4 heteroatoms. The van der Waals surface area contributed by atoms with Gasteiger partial charge in [0.1, 0.15) is 36.7 Å². The second-order valence-electron chi connectivity index (χ2n) is 6.09. The first-order chi connectivity index (χ1) is 11.7. The Morgan fingerprint density at radius 3 is 2.79 bits per heavy atom. The van der Waals surface area contributed by atoms with Gasteiger partial charge in [-0.15, -0.1) is 0 Å². The van der Waals surface area contributed by atoms with Gasteiger partial charge in [-0.05, 0) is 31.6 Å². The van der Waals surface area contributed by atoms with Crippen LogP contribution in [0.3, 0.4) is 0 Å². The average Bonchev–Trinajstić information content (AvgIpc) is 2.62. The topological polar surface area (TPSA) is 44.8 Å². The number of aliphatic hydroxyl groups is 1. The molecule has 1 heterocycles. The Balaban J connectivity index is 1.79. The summed E-state index contributed by atoms with van der Waals surface area (Å²) < 4.78 is 8.40. The van der Waals surface area contributed by atoms with Gasteiger partial charge in [0.25, 0.3) is 0 Å². The maximum absolute atomic E-state index is 10.4. The van der Waals surface area contributed by atoms with Crippen molar-refractivity contribution in [3.63, 3.8) is 0 Å². The number of rotatable bonds is 2. The Morgan fingerprint density at radius 1 is 1.21 bits per heavy atom. The molecule has 1 aliphatic heterocycles. The molecule has 2 atom stereocenters. The number of fused-ring (bicyclic) bond motifs is 4. The van der Waals surface area contributed by atoms with E-state index in [1.54, 1.807) is 6.08 Å². The summed E-state index contributed by atoms with van der Waals surface area (Å²) in [6.07, 6.45) is 7.35. The van der Waals surface area contributed by atoms with Crippen molar-refractivity contribution < 1.29 is 14.4 Å². The molecule has 4 nitrogen and oxygen atoms in total. The van der Waals surface area contributed by atoms with Gasteiger partial charge >= 0.3 is 0 Å². The molecule has 1 aromatic rings. The van der Waals surface area contributed by atoms with E-state index in [1.165, 1.54) is 0 Å². The van der Waals surface area contributed by atoms with Gasteiger partial charge in [-0.25, -0.2) is 4.58 Å². The van der Waals surface area contributed by atoms with Crippen molar-refractivity contribution in [2.24, 2.45) is 4.99 Å². The fourth-order valence-corrected chi connectivity index (χ4v) is 3.44. The lowest BCUT2D eigenvalue weighted by molar-refractivity contribution is -0.519. The molecule has 0 amide bonds. The minimum Gasteiger partial charge on any atom is -0.457 e. The van der Waals surface area contributed by atoms with Crippen molar-refractivity contribution >= 4 is 11.4 Å². The van der Waals surface area contributed by atoms with Gasteiger partial charge in [0.2, 0.25) is 5.71 Å². The Labute approximate surface area is 141 Å². The maximum atomic E-state index is 10.4. The van der Waals surface area contributed by atoms with Crippen molar-refractivity contribution in [3.05, 3.63) is 71.2 Å². The van der Waals surface area contributed by atoms with Gasteiger partial charge in [-0.3, -0.25) is 4.99 Å². The standard InChI is InChI=1S/C20H21N2O2/c1-3-22(4-2)13-9-10-16-18(11-13)24-19-12-17(23)14-7-5-6-8-15(14)20(19)21-16/h5-12,16-17,23H,3-4H2,1-2H3/q+1. The Kier molecular flexibility index (Phi) is 3.69. The third-order valence-corrected chi connectivity index (χ3v) is 4.73. The molecule has 24 heavy (non-hydrogen) atoms. The Morgan fingerprint density at radius 2 is 2.00 bits per heavy atom. The third kappa shape index (κ3) is 2.34. The number of benzene rings is 1. The second-order valence-corrected chi connectivity index (χ2v) is 6.09. The van der Waals surface area contributed by atoms with Crippen LogP contribution in [0.4, 0.5) is 0 Å². The van der Waals surface area contributed by atoms with Crippen molar-refractivity contribution in [1.29, 1.82) is 0 Å². The van der Waals surface area contributed by atoms with Crippen LogP contribution >= 0.6 is 0 Å². The number of hydrogen-bond donors (Lipinski definition) is 1. The maximum Gasteiger partial charge on any atom is 0.203 e. The van der Waals surface area contributed by atoms with Crippen molar-refractivity contribution in [1.82, 2.24) is 0 Å². The summed E-state index contributed by atoms with van der Waals surface area (Å²) in [5.74, 6) is 1.47. The number of aliphatic imine (C=N–C) groups is 1. The number of hydrogen-bond acceptors (Lipinski definition) is 3. The van der Waals surface area contributed by atoms with E-state index in [1.807, 2.05) is 24.3 Å². The van der Waals surface area contributed by atoms with E-state index in [0.717, 1.165) is 41.4 Å². The van der Waals surface area contributed by atoms with Crippen LogP contribution in [0.2, 0.25) is 0 Å². The van der Waals surface area contributed by atoms with Crippen LogP contribution in [0.5, 0.6) is 0 Å². The highest BCUT2D eigenvalue weighted by molar-refractivity contribution is 6.14. The van der Waals surface area contributed by atoms with Gasteiger partial charge in [-0.2, -0.15) is 0 Å². The van der Waals surface area contributed by atoms with E-state index in [0.29, 0.717) is 5.76 Å². The zero-order valence-corrected chi connectivity index (χ0v) is 13.9. The molecule has 1 aromatic carbocycles. The van der Waals surface area contributed by atoms with Crippen molar-refractivity contribution in [2.45, 2.75) is 26.0 Å². The van der Waals surface area contributed by atoms with Crippen LogP contribution in [-0.4, -0.2) is 40.2 Å². The zero-order valence-electron chi connectivity index (χ0n) is 13.9. The minimum atomic E-state index is -0.655. The SMILES string of the molecule is CC[N+](CC)=C1C=CC2N=C3C(=CC(O)c4ccccc43)OC2=C1. The monoisotopic (exact) mass is 321 g/mol. The molecule has 122 valence electrons. The number of aliphatic hydroxyl groups excluding tert-OH is 1. The molecule has 2 aliphatic carbocycles. The highest BCUT2D eigenvalue weighted by atomic mass is 16.5. The molecular weight excluding hydrogens is 300 g/mol. The lowest BCUT2D eigenvalue weighted by Crippen LogP contribution is -2.30. The van der Waals surface area contributed by atoms with E-state index < -0.39 is 6.10 Å². The zero-order chi connectivity index (χ0) is 16.7. The van der Waals surface area contributed by atoms with E-state index in [2.05, 4.69) is 36.7 Å². The molecule has 0 spiro atoms. The van der Waals surface area contributed by atoms with Crippen LogP contribution in [0.25, 0.3) is 0 Å². The first kappa shape index (κ1) is 15.1. The molecule has 0 radical (unpaired) electrons. The second kappa shape index (κ2) is 5.87. The smallest absolute Gasteiger partial charge is 0.203 e. The van der Waals surface area contributed by atoms with Gasteiger partial charge in [0.15, 0.2) is 5.76 Å². The summed E-state index contributed by atoms with van der Waals surface area (Å²) >= 11 is 0. The van der Waals surface area contributed by atoms with Crippen LogP contribution in [0.1, 0.15) is 31.1 Å². The molecule has 1 N–H and O–H groups in total. The number of ether oxygens (including phenoxy) is 1. The summed E-state index contributed by atoms with van der Waals surface area (Å²) in [4.78, 5) is 4.87. The van der Waals surface area contributed by atoms with Crippen LogP contribution in [0.15, 0.2) is 65.1 Å². The first-order valence-electron chi connectivity index (χ1n) is 8.48. The molecule has 0 aromatic heterocycles. The quantitative estimate of drug-likeness (QED) is 0.851. The number of nitrogens with zero attached hydrogens (tertiary/aromatic N) is 2. The average molecular weight is 321 g/mol. The van der Waals surface area contributed by atoms with E-state index in [-0.39, 0.29) is 6.04 Å². The molecular formula is C20H21N2O2+. The summed E-state index contributed by atoms with van der Waals surface area (Å²) in [7, 11) is 0. The molecule has 3 aliphatic rings. The third-order valence-electron chi connectivity index (χ3n) is 4.73. The predicted molar refractivity (Wildman–Crippen MR) is 94.5 cm³/mol. The lowest BCUT2D eigenvalue weighted by atomic mass is 9.90. The van der Waals surface area contributed by atoms with E-state index in [9.17, 15) is 5.11 Å². The van der Waals surface area contributed by atoms with Gasteiger partial charge in [-0.1, -0.05) is 24.3 Å². The van der Waals surface area contributed by atoms with Crippen LogP contribution in [0, 0.1) is 0 Å². The van der Waals surface area contributed by atoms with Crippen molar-refractivity contribution in [2.75, 3.05) is 13.1 Å². The lowest BCUT2D eigenvalue weighted by Gasteiger charge is -2.30. The van der Waals surface area contributed by atoms with Gasteiger partial charge < -0.3 is 9.84 Å². The molecule has 2 unspecified atom stereocenters. The van der Waals surface area contributed by atoms with Gasteiger partial charge in [0, 0.05) is 11.6 Å². The summed E-state index contributed by atoms with van der Waals surface area (Å²) in [5, 5.41) is 10.4. The largest absolute Gasteiger partial charge is 0.457 e. The van der Waals surface area contributed by atoms with Crippen LogP contribution in [-0.2, 0) is 4.74 Å². The fraction of sp³-hybridized carbons (Fsp3) is 0.300. The first-order valence-corrected chi connectivity index (χ1v) is 8.48. The van der Waals surface area contributed by atoms with E-state index >= 15 is 0 Å². The molecule has 4 rings (SSSR count). The summed E-state index contributed by atoms with van der Waals surface area (Å²) in [6.45, 7) is 6.19. The molecule has 0 saturated heterocycles. The Bertz CT molecular complexity index is 837. The minimum absolute atomic E-state index is 0.0974. The number of allylic oxidation sites excluding steroid dienone is 3. The van der Waals surface area contributed by atoms with Gasteiger partial charge in [0.05, 0.1) is 6.08 Å². The highest BCUT2D eigenvalue weighted by Gasteiger charge is 2.33. The normalized spacial score (nSPS) is 24.0. The molecule has 0 bridgehead atoms.